The second-order valence-electron chi connectivity index (χ2n) is 18.4. The number of phosphoric ester groups is 1. The van der Waals surface area contributed by atoms with Gasteiger partial charge in [0.1, 0.15) is 12.7 Å². The van der Waals surface area contributed by atoms with E-state index in [-0.39, 0.29) is 25.9 Å². The first kappa shape index (κ1) is 66.9. The number of aliphatic hydroxyl groups excluding tert-OH is 1. The zero-order valence-electron chi connectivity index (χ0n) is 44.5. The number of ether oxygens (including phenoxy) is 3. The summed E-state index contributed by atoms with van der Waals surface area (Å²) in [6.45, 7) is 4.38. The zero-order valence-corrected chi connectivity index (χ0v) is 45.4. The first-order chi connectivity index (χ1) is 34.2. The highest BCUT2D eigenvalue weighted by Gasteiger charge is 2.28. The van der Waals surface area contributed by atoms with Crippen molar-refractivity contribution in [3.63, 3.8) is 0 Å². The summed E-state index contributed by atoms with van der Waals surface area (Å²) in [5.74, 6) is -1.61. The van der Waals surface area contributed by atoms with Crippen LogP contribution in [0.2, 0.25) is 0 Å². The number of phosphoric acid groups is 1. The number of carbonyl (C=O) groups is 3. The van der Waals surface area contributed by atoms with Gasteiger partial charge in [-0.25, -0.2) is 4.57 Å². The third kappa shape index (κ3) is 49.9. The zero-order chi connectivity index (χ0) is 51.3. The van der Waals surface area contributed by atoms with Gasteiger partial charge in [0, 0.05) is 12.8 Å². The minimum Gasteiger partial charge on any atom is -0.462 e. The van der Waals surface area contributed by atoms with Crippen LogP contribution < -0.4 is 0 Å². The van der Waals surface area contributed by atoms with Crippen molar-refractivity contribution in [1.29, 1.82) is 0 Å². The third-order valence-corrected chi connectivity index (χ3v) is 12.6. The summed E-state index contributed by atoms with van der Waals surface area (Å²) in [5.41, 5.74) is 0. The summed E-state index contributed by atoms with van der Waals surface area (Å²) >= 11 is 0. The summed E-state index contributed by atoms with van der Waals surface area (Å²) in [6.07, 6.45) is 57.5. The van der Waals surface area contributed by atoms with Crippen LogP contribution in [0.25, 0.3) is 0 Å². The Labute approximate surface area is 427 Å². The van der Waals surface area contributed by atoms with Crippen molar-refractivity contribution < 1.29 is 52.2 Å². The van der Waals surface area contributed by atoms with Gasteiger partial charge in [-0.1, -0.05) is 229 Å². The Morgan fingerprint density at radius 2 is 0.814 bits per heavy atom. The molecule has 0 aliphatic carbocycles. The predicted octanol–water partition coefficient (Wildman–Crippen LogP) is 16.1. The van der Waals surface area contributed by atoms with Crippen LogP contribution in [0.4, 0.5) is 0 Å². The van der Waals surface area contributed by atoms with E-state index >= 15 is 0 Å². The average molecular weight is 1010 g/mol. The van der Waals surface area contributed by atoms with Gasteiger partial charge in [-0.15, -0.1) is 0 Å². The summed E-state index contributed by atoms with van der Waals surface area (Å²) < 4.78 is 39.3. The minimum absolute atomic E-state index is 0.0559. The van der Waals surface area contributed by atoms with Crippen LogP contribution in [-0.4, -0.2) is 66.5 Å². The lowest BCUT2D eigenvalue weighted by Crippen LogP contribution is -2.30. The van der Waals surface area contributed by atoms with Gasteiger partial charge in [0.2, 0.25) is 0 Å². The fourth-order valence-electron chi connectivity index (χ4n) is 7.41. The Kier molecular flexibility index (Phi) is 50.0. The van der Waals surface area contributed by atoms with Crippen LogP contribution in [0, 0.1) is 0 Å². The van der Waals surface area contributed by atoms with Gasteiger partial charge in [-0.2, -0.15) is 0 Å². The second kappa shape index (κ2) is 52.2. The highest BCUT2D eigenvalue weighted by atomic mass is 31.2. The van der Waals surface area contributed by atoms with E-state index in [1.165, 1.54) is 96.3 Å². The van der Waals surface area contributed by atoms with E-state index in [4.69, 9.17) is 23.3 Å². The maximum absolute atomic E-state index is 12.9. The molecule has 0 aromatic carbocycles. The predicted molar refractivity (Wildman–Crippen MR) is 288 cm³/mol. The van der Waals surface area contributed by atoms with Crippen molar-refractivity contribution in [1.82, 2.24) is 0 Å². The van der Waals surface area contributed by atoms with Gasteiger partial charge >= 0.3 is 25.7 Å². The molecule has 0 spiro atoms. The van der Waals surface area contributed by atoms with Gasteiger partial charge < -0.3 is 24.2 Å². The van der Waals surface area contributed by atoms with E-state index < -0.39 is 57.8 Å². The van der Waals surface area contributed by atoms with Gasteiger partial charge in [-0.3, -0.25) is 23.4 Å². The van der Waals surface area contributed by atoms with E-state index in [2.05, 4.69) is 69.4 Å². The summed E-state index contributed by atoms with van der Waals surface area (Å²) in [5, 5.41) is 9.77. The molecule has 0 saturated carbocycles. The Morgan fingerprint density at radius 1 is 0.429 bits per heavy atom. The van der Waals surface area contributed by atoms with Crippen molar-refractivity contribution in [2.45, 2.75) is 251 Å². The largest absolute Gasteiger partial charge is 0.472 e. The van der Waals surface area contributed by atoms with Crippen molar-refractivity contribution >= 4 is 25.7 Å². The van der Waals surface area contributed by atoms with E-state index in [0.717, 1.165) is 83.5 Å². The first-order valence-corrected chi connectivity index (χ1v) is 29.3. The third-order valence-electron chi connectivity index (χ3n) is 11.6. The van der Waals surface area contributed by atoms with Gasteiger partial charge in [0.15, 0.2) is 6.10 Å². The molecule has 0 heterocycles. The molecule has 0 aliphatic rings. The molecule has 0 aromatic heterocycles. The Morgan fingerprint density at radius 3 is 1.29 bits per heavy atom. The molecule has 70 heavy (non-hydrogen) atoms. The van der Waals surface area contributed by atoms with Crippen molar-refractivity contribution in [2.24, 2.45) is 0 Å². The fourth-order valence-corrected chi connectivity index (χ4v) is 8.20. The van der Waals surface area contributed by atoms with Crippen molar-refractivity contribution in [3.05, 3.63) is 72.9 Å². The number of hydrogen-bond donors (Lipinski definition) is 2. The van der Waals surface area contributed by atoms with Crippen LogP contribution in [0.1, 0.15) is 239 Å². The van der Waals surface area contributed by atoms with Gasteiger partial charge in [-0.05, 0) is 64.2 Å². The lowest BCUT2D eigenvalue weighted by Gasteiger charge is -2.21. The maximum Gasteiger partial charge on any atom is 0.472 e. The molecular formula is C58H101O11P. The Balaban J connectivity index is 4.77. The molecule has 12 heteroatoms. The SMILES string of the molecule is CC/C=C\C/C=C\C/C=C\C/C=C\C/C=C\CC(=O)OC(CO)COP(=O)(O)OCC(COC(=O)CCCCCCC/C=C\CCCC)OC(=O)CCCCCCCCCCCCCCCCCCC. The topological polar surface area (TPSA) is 155 Å². The molecule has 0 saturated heterocycles. The molecule has 0 radical (unpaired) electrons. The lowest BCUT2D eigenvalue weighted by atomic mass is 10.0. The Hall–Kier alpha value is -3.08. The van der Waals surface area contributed by atoms with E-state index in [9.17, 15) is 28.9 Å². The smallest absolute Gasteiger partial charge is 0.462 e. The number of carbonyl (C=O) groups excluding carboxylic acids is 3. The molecule has 0 bridgehead atoms. The molecule has 3 atom stereocenters. The lowest BCUT2D eigenvalue weighted by molar-refractivity contribution is -0.161. The number of esters is 3. The van der Waals surface area contributed by atoms with Crippen molar-refractivity contribution in [3.8, 4) is 0 Å². The number of hydrogen-bond acceptors (Lipinski definition) is 10. The maximum atomic E-state index is 12.9. The number of allylic oxidation sites excluding steroid dienone is 11. The molecule has 0 rings (SSSR count). The minimum atomic E-state index is -4.77. The molecule has 0 aliphatic heterocycles. The molecule has 0 fully saturated rings. The number of aliphatic hydroxyl groups is 1. The quantitative estimate of drug-likeness (QED) is 0.0197. The van der Waals surface area contributed by atoms with E-state index in [1.807, 2.05) is 18.2 Å². The second-order valence-corrected chi connectivity index (χ2v) is 19.8. The molecule has 2 N–H and O–H groups in total. The molecule has 11 nitrogen and oxygen atoms in total. The fraction of sp³-hybridized carbons (Fsp3) is 0.741. The standard InChI is InChI=1S/C58H101O11P/c1-4-7-10-13-16-19-22-24-26-27-29-31-34-37-40-43-46-49-58(62)69-55(51-65-56(60)47-44-41-38-35-32-21-18-15-12-9-6-3)53-67-70(63,64)66-52-54(50-59)68-57(61)48-45-42-39-36-33-30-28-25-23-20-17-14-11-8-5-2/h8,11,15,17-18,20,25,28,33,36,42,45,54-55,59H,4-7,9-10,12-14,16,19,21-24,26-27,29-32,34-35,37-41,43-44,46-53H2,1-3H3,(H,63,64)/b11-8-,18-15-,20-17-,28-25-,36-33-,45-42-. The Bertz CT molecular complexity index is 1450. The van der Waals surface area contributed by atoms with Crippen LogP contribution in [0.5, 0.6) is 0 Å². The van der Waals surface area contributed by atoms with E-state index in [1.54, 1.807) is 6.08 Å². The average Bonchev–Trinajstić information content (AvgIpc) is 3.35. The summed E-state index contributed by atoms with van der Waals surface area (Å²) in [7, 11) is -4.77. The highest BCUT2D eigenvalue weighted by Crippen LogP contribution is 2.43. The highest BCUT2D eigenvalue weighted by molar-refractivity contribution is 7.47. The first-order valence-electron chi connectivity index (χ1n) is 27.8. The van der Waals surface area contributed by atoms with E-state index in [0.29, 0.717) is 19.3 Å². The molecular weight excluding hydrogens is 904 g/mol. The summed E-state index contributed by atoms with van der Waals surface area (Å²) in [4.78, 5) is 48.3. The number of rotatable bonds is 51. The monoisotopic (exact) mass is 1000 g/mol. The number of unbranched alkanes of at least 4 members (excludes halogenated alkanes) is 23. The normalized spacial score (nSPS) is 14.0. The molecule has 404 valence electrons. The van der Waals surface area contributed by atoms with Gasteiger partial charge in [0.25, 0.3) is 0 Å². The van der Waals surface area contributed by atoms with Crippen LogP contribution in [0.15, 0.2) is 72.9 Å². The van der Waals surface area contributed by atoms with Crippen LogP contribution in [-0.2, 0) is 42.2 Å². The van der Waals surface area contributed by atoms with Gasteiger partial charge in [0.05, 0.1) is 26.2 Å². The van der Waals surface area contributed by atoms with Crippen LogP contribution in [0.3, 0.4) is 0 Å². The molecule has 0 amide bonds. The molecule has 0 aromatic rings. The van der Waals surface area contributed by atoms with Crippen molar-refractivity contribution in [2.75, 3.05) is 26.4 Å². The van der Waals surface area contributed by atoms with Crippen LogP contribution >= 0.6 is 7.82 Å². The summed E-state index contributed by atoms with van der Waals surface area (Å²) in [6, 6.07) is 0. The molecule has 3 unspecified atom stereocenters.